The third-order valence-corrected chi connectivity index (χ3v) is 5.81. The van der Waals surface area contributed by atoms with Crippen molar-refractivity contribution in [2.45, 2.75) is 4.90 Å². The highest BCUT2D eigenvalue weighted by Crippen LogP contribution is 2.29. The van der Waals surface area contributed by atoms with Crippen molar-refractivity contribution in [1.82, 2.24) is 0 Å². The molecule has 170 valence electrons. The summed E-state index contributed by atoms with van der Waals surface area (Å²) in [5, 5.41) is 36.3. The molecule has 0 radical (unpaired) electrons. The summed E-state index contributed by atoms with van der Waals surface area (Å²) in [4.78, 5) is 20.5. The van der Waals surface area contributed by atoms with Crippen molar-refractivity contribution in [1.29, 1.82) is 0 Å². The fraction of sp³-hybridized carbons (Fsp3) is 0. The number of hydrogen-bond acceptors (Lipinski definition) is 9. The van der Waals surface area contributed by atoms with Crippen LogP contribution in [0, 0.1) is 20.2 Å². The minimum absolute atomic E-state index is 0.00860. The van der Waals surface area contributed by atoms with E-state index in [0.29, 0.717) is 5.02 Å². The fourth-order valence-corrected chi connectivity index (χ4v) is 3.79. The maximum Gasteiger partial charge on any atom is 0.295 e. The van der Waals surface area contributed by atoms with Crippen LogP contribution in [0.2, 0.25) is 5.02 Å². The first-order chi connectivity index (χ1) is 15.6. The number of halogens is 1. The summed E-state index contributed by atoms with van der Waals surface area (Å²) in [5.41, 5.74) is 1.55. The van der Waals surface area contributed by atoms with Gasteiger partial charge in [-0.05, 0) is 42.5 Å². The maximum atomic E-state index is 12.6. The molecular weight excluding hydrogens is 478 g/mol. The lowest BCUT2D eigenvalue weighted by Gasteiger charge is -2.09. The molecule has 12 nitrogen and oxygen atoms in total. The van der Waals surface area contributed by atoms with Gasteiger partial charge in [-0.1, -0.05) is 11.6 Å². The zero-order chi connectivity index (χ0) is 24.2. The van der Waals surface area contributed by atoms with Gasteiger partial charge in [0.15, 0.2) is 0 Å². The summed E-state index contributed by atoms with van der Waals surface area (Å²) in [6, 6.07) is 12.2. The standard InChI is InChI=1S/C19H14ClN5O7S/c20-13-1-3-14(4-2-13)23-33(31,32)16-6-7-17(18(10-16)25(29)30)22-21-11-12-9-15(24(27)28)5-8-19(12)26/h1-11,22-23,26H. The van der Waals surface area contributed by atoms with Gasteiger partial charge in [0.2, 0.25) is 0 Å². The molecule has 0 amide bonds. The predicted octanol–water partition coefficient (Wildman–Crippen LogP) is 4.11. The Bertz CT molecular complexity index is 1360. The molecule has 0 spiro atoms. The molecule has 0 aliphatic carbocycles. The lowest BCUT2D eigenvalue weighted by Crippen LogP contribution is -2.13. The van der Waals surface area contributed by atoms with Crippen molar-refractivity contribution in [3.63, 3.8) is 0 Å². The zero-order valence-electron chi connectivity index (χ0n) is 16.4. The summed E-state index contributed by atoms with van der Waals surface area (Å²) in [5.74, 6) is -0.296. The quantitative estimate of drug-likeness (QED) is 0.239. The number of non-ortho nitro benzene ring substituents is 1. The van der Waals surface area contributed by atoms with E-state index in [1.54, 1.807) is 0 Å². The van der Waals surface area contributed by atoms with Crippen molar-refractivity contribution in [3.05, 3.63) is 91.5 Å². The minimum Gasteiger partial charge on any atom is -0.507 e. The van der Waals surface area contributed by atoms with E-state index in [4.69, 9.17) is 11.6 Å². The van der Waals surface area contributed by atoms with Gasteiger partial charge >= 0.3 is 0 Å². The topological polar surface area (TPSA) is 177 Å². The Morgan fingerprint density at radius 1 is 0.970 bits per heavy atom. The number of nitro groups is 2. The second kappa shape index (κ2) is 9.50. The molecule has 3 aromatic carbocycles. The number of phenols is 1. The molecule has 33 heavy (non-hydrogen) atoms. The molecule has 0 heterocycles. The van der Waals surface area contributed by atoms with Crippen LogP contribution in [0.4, 0.5) is 22.7 Å². The van der Waals surface area contributed by atoms with Crippen LogP contribution in [0.15, 0.2) is 70.7 Å². The third-order valence-electron chi connectivity index (χ3n) is 4.18. The van der Waals surface area contributed by atoms with Gasteiger partial charge < -0.3 is 5.11 Å². The Morgan fingerprint density at radius 3 is 2.30 bits per heavy atom. The van der Waals surface area contributed by atoms with E-state index in [1.165, 1.54) is 24.3 Å². The molecule has 0 aliphatic rings. The number of phenolic OH excluding ortho intramolecular Hbond substituents is 1. The predicted molar refractivity (Wildman–Crippen MR) is 121 cm³/mol. The van der Waals surface area contributed by atoms with E-state index in [0.717, 1.165) is 42.6 Å². The van der Waals surface area contributed by atoms with E-state index >= 15 is 0 Å². The highest BCUT2D eigenvalue weighted by atomic mass is 35.5. The van der Waals surface area contributed by atoms with Crippen LogP contribution in [0.3, 0.4) is 0 Å². The van der Waals surface area contributed by atoms with Gasteiger partial charge in [-0.15, -0.1) is 0 Å². The SMILES string of the molecule is O=[N+]([O-])c1ccc(O)c(C=NNc2ccc(S(=O)(=O)Nc3ccc(Cl)cc3)cc2[N+](=O)[O-])c1. The van der Waals surface area contributed by atoms with Crippen LogP contribution in [0.25, 0.3) is 0 Å². The number of rotatable bonds is 8. The van der Waals surface area contributed by atoms with Crippen LogP contribution in [-0.4, -0.2) is 29.6 Å². The number of hydrazone groups is 1. The molecule has 0 saturated heterocycles. The van der Waals surface area contributed by atoms with Crippen LogP contribution in [0.5, 0.6) is 5.75 Å². The maximum absolute atomic E-state index is 12.6. The second-order valence-electron chi connectivity index (χ2n) is 6.42. The summed E-state index contributed by atoms with van der Waals surface area (Å²) >= 11 is 5.77. The molecule has 0 unspecified atom stereocenters. The molecule has 3 N–H and O–H groups in total. The number of aromatic hydroxyl groups is 1. The normalized spacial score (nSPS) is 11.3. The van der Waals surface area contributed by atoms with E-state index in [9.17, 15) is 33.8 Å². The third kappa shape index (κ3) is 5.72. The lowest BCUT2D eigenvalue weighted by atomic mass is 10.2. The number of nitro benzene ring substituents is 2. The van der Waals surface area contributed by atoms with Gasteiger partial charge in [0.25, 0.3) is 21.4 Å². The smallest absolute Gasteiger partial charge is 0.295 e. The number of nitrogens with one attached hydrogen (secondary N) is 2. The average molecular weight is 492 g/mol. The largest absolute Gasteiger partial charge is 0.507 e. The first kappa shape index (κ1) is 23.4. The van der Waals surface area contributed by atoms with Gasteiger partial charge in [0.05, 0.1) is 21.0 Å². The molecule has 0 saturated carbocycles. The number of sulfonamides is 1. The number of hydrogen-bond donors (Lipinski definition) is 3. The molecular formula is C19H14ClN5O7S. The molecule has 0 atom stereocenters. The number of nitrogens with zero attached hydrogens (tertiary/aromatic N) is 3. The summed E-state index contributed by atoms with van der Waals surface area (Å²) < 4.78 is 27.5. The van der Waals surface area contributed by atoms with Gasteiger partial charge in [-0.2, -0.15) is 5.10 Å². The molecule has 0 bridgehead atoms. The van der Waals surface area contributed by atoms with Crippen molar-refractivity contribution in [3.8, 4) is 5.75 Å². The Hall–Kier alpha value is -4.23. The van der Waals surface area contributed by atoms with Crippen LogP contribution in [0.1, 0.15) is 5.56 Å². The summed E-state index contributed by atoms with van der Waals surface area (Å²) in [6.45, 7) is 0. The molecule has 0 aromatic heterocycles. The minimum atomic E-state index is -4.14. The Balaban J connectivity index is 1.85. The molecule has 3 aromatic rings. The summed E-state index contributed by atoms with van der Waals surface area (Å²) in [6.07, 6.45) is 1.03. The van der Waals surface area contributed by atoms with Crippen LogP contribution >= 0.6 is 11.6 Å². The van der Waals surface area contributed by atoms with Gasteiger partial charge in [-0.25, -0.2) is 8.42 Å². The van der Waals surface area contributed by atoms with E-state index < -0.39 is 25.6 Å². The van der Waals surface area contributed by atoms with Gasteiger partial charge in [0, 0.05) is 34.5 Å². The van der Waals surface area contributed by atoms with E-state index in [1.807, 2.05) is 0 Å². The lowest BCUT2D eigenvalue weighted by molar-refractivity contribution is -0.384. The number of anilines is 2. The average Bonchev–Trinajstić information content (AvgIpc) is 2.76. The van der Waals surface area contributed by atoms with Crippen LogP contribution in [-0.2, 0) is 10.0 Å². The Labute approximate surface area is 191 Å². The Kier molecular flexibility index (Phi) is 6.75. The van der Waals surface area contributed by atoms with Crippen molar-refractivity contribution >= 4 is 50.6 Å². The van der Waals surface area contributed by atoms with E-state index in [-0.39, 0.29) is 33.3 Å². The number of benzene rings is 3. The highest BCUT2D eigenvalue weighted by Gasteiger charge is 2.21. The van der Waals surface area contributed by atoms with Gasteiger partial charge in [-0.3, -0.25) is 30.4 Å². The first-order valence-electron chi connectivity index (χ1n) is 8.90. The second-order valence-corrected chi connectivity index (χ2v) is 8.54. The molecule has 3 rings (SSSR count). The zero-order valence-corrected chi connectivity index (χ0v) is 17.9. The fourth-order valence-electron chi connectivity index (χ4n) is 2.59. The van der Waals surface area contributed by atoms with Crippen molar-refractivity contribution in [2.75, 3.05) is 10.1 Å². The van der Waals surface area contributed by atoms with Crippen molar-refractivity contribution < 1.29 is 23.4 Å². The molecule has 14 heteroatoms. The molecule has 0 fully saturated rings. The first-order valence-corrected chi connectivity index (χ1v) is 10.8. The highest BCUT2D eigenvalue weighted by molar-refractivity contribution is 7.92. The van der Waals surface area contributed by atoms with E-state index in [2.05, 4.69) is 15.2 Å². The molecule has 0 aliphatic heterocycles. The Morgan fingerprint density at radius 2 is 1.67 bits per heavy atom. The van der Waals surface area contributed by atoms with Gasteiger partial charge in [0.1, 0.15) is 11.4 Å². The summed E-state index contributed by atoms with van der Waals surface area (Å²) in [7, 11) is -4.14. The van der Waals surface area contributed by atoms with Crippen molar-refractivity contribution in [2.24, 2.45) is 5.10 Å². The van der Waals surface area contributed by atoms with Crippen LogP contribution < -0.4 is 10.1 Å². The monoisotopic (exact) mass is 491 g/mol.